The molecule has 1 N–H and O–H groups in total. The van der Waals surface area contributed by atoms with Crippen LogP contribution in [0.4, 0.5) is 5.69 Å². The molecule has 0 bridgehead atoms. The van der Waals surface area contributed by atoms with Gasteiger partial charge < -0.3 is 0 Å². The van der Waals surface area contributed by atoms with E-state index in [1.165, 1.54) is 17.0 Å². The van der Waals surface area contributed by atoms with E-state index in [0.29, 0.717) is 12.1 Å². The first kappa shape index (κ1) is 15.1. The van der Waals surface area contributed by atoms with Crippen LogP contribution in [-0.2, 0) is 9.59 Å². The molecule has 1 saturated heterocycles. The van der Waals surface area contributed by atoms with Crippen molar-refractivity contribution in [1.82, 2.24) is 10.2 Å². The Labute approximate surface area is 122 Å². The molecule has 1 aromatic carbocycles. The predicted molar refractivity (Wildman–Crippen MR) is 75.4 cm³/mol. The molecule has 1 aromatic rings. The standard InChI is InChI=1S/C14H17N3O4/c1-3-16-13(18)8-12(14(16)19)15-9(2)10-5-4-6-11(7-10)17(20)21/h4-7,9,12,15H,3,8H2,1-2H3. The highest BCUT2D eigenvalue weighted by molar-refractivity contribution is 6.05. The number of rotatable bonds is 5. The van der Waals surface area contributed by atoms with E-state index in [4.69, 9.17) is 0 Å². The maximum absolute atomic E-state index is 12.0. The van der Waals surface area contributed by atoms with Gasteiger partial charge in [-0.05, 0) is 19.4 Å². The third-order valence-corrected chi connectivity index (χ3v) is 3.59. The molecular formula is C14H17N3O4. The van der Waals surface area contributed by atoms with E-state index in [2.05, 4.69) is 5.32 Å². The van der Waals surface area contributed by atoms with Crippen LogP contribution in [0.2, 0.25) is 0 Å². The lowest BCUT2D eigenvalue weighted by Gasteiger charge is -2.18. The molecule has 7 heteroatoms. The quantitative estimate of drug-likeness (QED) is 0.503. The molecule has 1 aliphatic rings. The van der Waals surface area contributed by atoms with Crippen LogP contribution in [0.1, 0.15) is 31.9 Å². The topological polar surface area (TPSA) is 92.6 Å². The van der Waals surface area contributed by atoms with Crippen molar-refractivity contribution in [3.05, 3.63) is 39.9 Å². The molecule has 2 atom stereocenters. The van der Waals surface area contributed by atoms with E-state index in [0.717, 1.165) is 0 Å². The van der Waals surface area contributed by atoms with Crippen LogP contribution in [0, 0.1) is 10.1 Å². The minimum absolute atomic E-state index is 0.00478. The first-order valence-electron chi connectivity index (χ1n) is 6.78. The number of carbonyl (C=O) groups excluding carboxylic acids is 2. The number of nitro groups is 1. The number of hydrogen-bond donors (Lipinski definition) is 1. The molecule has 1 heterocycles. The van der Waals surface area contributed by atoms with Crippen molar-refractivity contribution < 1.29 is 14.5 Å². The highest BCUT2D eigenvalue weighted by Crippen LogP contribution is 2.21. The van der Waals surface area contributed by atoms with Crippen molar-refractivity contribution >= 4 is 17.5 Å². The summed E-state index contributed by atoms with van der Waals surface area (Å²) < 4.78 is 0. The van der Waals surface area contributed by atoms with Gasteiger partial charge in [0.2, 0.25) is 11.8 Å². The SMILES string of the molecule is CCN1C(=O)CC(NC(C)c2cccc([N+](=O)[O-])c2)C1=O. The minimum Gasteiger partial charge on any atom is -0.299 e. The molecular weight excluding hydrogens is 274 g/mol. The summed E-state index contributed by atoms with van der Waals surface area (Å²) >= 11 is 0. The zero-order valence-electron chi connectivity index (χ0n) is 11.9. The number of nitrogens with one attached hydrogen (secondary N) is 1. The first-order chi connectivity index (χ1) is 9.93. The second-order valence-corrected chi connectivity index (χ2v) is 4.97. The Bertz CT molecular complexity index is 587. The summed E-state index contributed by atoms with van der Waals surface area (Å²) in [5.74, 6) is -0.425. The largest absolute Gasteiger partial charge is 0.299 e. The molecule has 112 valence electrons. The van der Waals surface area contributed by atoms with Crippen molar-refractivity contribution in [2.45, 2.75) is 32.4 Å². The molecule has 2 rings (SSSR count). The van der Waals surface area contributed by atoms with Crippen LogP contribution in [0.5, 0.6) is 0 Å². The normalized spacial score (nSPS) is 19.9. The van der Waals surface area contributed by atoms with E-state index < -0.39 is 11.0 Å². The number of amides is 2. The molecule has 2 amide bonds. The Morgan fingerprint density at radius 2 is 2.19 bits per heavy atom. The molecule has 0 spiro atoms. The predicted octanol–water partition coefficient (Wildman–Crippen LogP) is 1.39. The fourth-order valence-electron chi connectivity index (χ4n) is 2.45. The fraction of sp³-hybridized carbons (Fsp3) is 0.429. The Morgan fingerprint density at radius 1 is 1.48 bits per heavy atom. The maximum Gasteiger partial charge on any atom is 0.269 e. The first-order valence-corrected chi connectivity index (χ1v) is 6.78. The number of likely N-dealkylation sites (N-methyl/N-ethyl adjacent to an activating group) is 1. The second-order valence-electron chi connectivity index (χ2n) is 4.97. The van der Waals surface area contributed by atoms with Gasteiger partial charge in [0, 0.05) is 24.7 Å². The zero-order valence-corrected chi connectivity index (χ0v) is 11.9. The number of nitrogens with zero attached hydrogens (tertiary/aromatic N) is 2. The summed E-state index contributed by atoms with van der Waals surface area (Å²) in [7, 11) is 0. The molecule has 0 radical (unpaired) electrons. The number of nitro benzene ring substituents is 1. The number of carbonyl (C=O) groups is 2. The monoisotopic (exact) mass is 291 g/mol. The van der Waals surface area contributed by atoms with Crippen molar-refractivity contribution in [2.24, 2.45) is 0 Å². The molecule has 2 unspecified atom stereocenters. The number of likely N-dealkylation sites (tertiary alicyclic amines) is 1. The van der Waals surface area contributed by atoms with E-state index >= 15 is 0 Å². The Morgan fingerprint density at radius 3 is 2.76 bits per heavy atom. The molecule has 1 fully saturated rings. The van der Waals surface area contributed by atoms with Crippen LogP contribution in [0.15, 0.2) is 24.3 Å². The molecule has 0 aliphatic carbocycles. The summed E-state index contributed by atoms with van der Waals surface area (Å²) in [4.78, 5) is 35.2. The fourth-order valence-corrected chi connectivity index (χ4v) is 2.45. The average Bonchev–Trinajstić information content (AvgIpc) is 2.73. The molecule has 1 aliphatic heterocycles. The molecule has 0 saturated carbocycles. The molecule has 7 nitrogen and oxygen atoms in total. The molecule has 0 aromatic heterocycles. The van der Waals surface area contributed by atoms with Crippen LogP contribution in [0.3, 0.4) is 0 Å². The summed E-state index contributed by atoms with van der Waals surface area (Å²) in [6, 6.07) is 5.42. The second kappa shape index (κ2) is 6.01. The average molecular weight is 291 g/mol. The van der Waals surface area contributed by atoms with Gasteiger partial charge in [-0.2, -0.15) is 0 Å². The summed E-state index contributed by atoms with van der Waals surface area (Å²) in [6.07, 6.45) is 0.131. The van der Waals surface area contributed by atoms with Gasteiger partial charge in [-0.15, -0.1) is 0 Å². The number of imide groups is 1. The minimum atomic E-state index is -0.563. The Hall–Kier alpha value is -2.28. The van der Waals surface area contributed by atoms with Gasteiger partial charge in [-0.3, -0.25) is 29.9 Å². The third-order valence-electron chi connectivity index (χ3n) is 3.59. The molecule has 21 heavy (non-hydrogen) atoms. The zero-order chi connectivity index (χ0) is 15.6. The van der Waals surface area contributed by atoms with Crippen molar-refractivity contribution in [3.8, 4) is 0 Å². The van der Waals surface area contributed by atoms with E-state index in [1.807, 2.05) is 6.92 Å². The highest BCUT2D eigenvalue weighted by atomic mass is 16.6. The van der Waals surface area contributed by atoms with Gasteiger partial charge in [0.25, 0.3) is 5.69 Å². The lowest BCUT2D eigenvalue weighted by molar-refractivity contribution is -0.384. The van der Waals surface area contributed by atoms with Gasteiger partial charge in [0.15, 0.2) is 0 Å². The Balaban J connectivity index is 2.10. The van der Waals surface area contributed by atoms with Crippen LogP contribution < -0.4 is 5.32 Å². The van der Waals surface area contributed by atoms with Crippen LogP contribution in [-0.4, -0.2) is 34.2 Å². The van der Waals surface area contributed by atoms with Crippen molar-refractivity contribution in [3.63, 3.8) is 0 Å². The number of hydrogen-bond acceptors (Lipinski definition) is 5. The lowest BCUT2D eigenvalue weighted by Crippen LogP contribution is -2.39. The van der Waals surface area contributed by atoms with E-state index in [-0.39, 0.29) is 30.0 Å². The van der Waals surface area contributed by atoms with Gasteiger partial charge >= 0.3 is 0 Å². The number of non-ortho nitro benzene ring substituents is 1. The summed E-state index contributed by atoms with van der Waals surface area (Å²) in [6.45, 7) is 3.93. The summed E-state index contributed by atoms with van der Waals surface area (Å²) in [5.41, 5.74) is 0.713. The van der Waals surface area contributed by atoms with Gasteiger partial charge in [-0.25, -0.2) is 0 Å². The lowest BCUT2D eigenvalue weighted by atomic mass is 10.1. The maximum atomic E-state index is 12.0. The van der Waals surface area contributed by atoms with Gasteiger partial charge in [0.1, 0.15) is 0 Å². The smallest absolute Gasteiger partial charge is 0.269 e. The van der Waals surface area contributed by atoms with E-state index in [9.17, 15) is 19.7 Å². The number of benzene rings is 1. The van der Waals surface area contributed by atoms with Gasteiger partial charge in [-0.1, -0.05) is 12.1 Å². The van der Waals surface area contributed by atoms with E-state index in [1.54, 1.807) is 19.1 Å². The Kier molecular flexibility index (Phi) is 4.32. The van der Waals surface area contributed by atoms with Crippen LogP contribution in [0.25, 0.3) is 0 Å². The van der Waals surface area contributed by atoms with Crippen LogP contribution >= 0.6 is 0 Å². The highest BCUT2D eigenvalue weighted by Gasteiger charge is 2.38. The van der Waals surface area contributed by atoms with Crippen molar-refractivity contribution in [2.75, 3.05) is 6.54 Å². The third kappa shape index (κ3) is 3.08. The summed E-state index contributed by atoms with van der Waals surface area (Å²) in [5, 5.41) is 13.8. The van der Waals surface area contributed by atoms with Crippen molar-refractivity contribution in [1.29, 1.82) is 0 Å². The van der Waals surface area contributed by atoms with Gasteiger partial charge in [0.05, 0.1) is 17.4 Å².